The molecule has 0 radical (unpaired) electrons. The van der Waals surface area contributed by atoms with Crippen LogP contribution in [-0.2, 0) is 14.3 Å². The Morgan fingerprint density at radius 2 is 1.69 bits per heavy atom. The molecule has 2 aliphatic rings. The third-order valence-electron chi connectivity index (χ3n) is 5.14. The number of hydrogen-bond donors (Lipinski definition) is 1. The summed E-state index contributed by atoms with van der Waals surface area (Å²) in [4.78, 5) is 17.2. The highest BCUT2D eigenvalue weighted by Gasteiger charge is 2.20. The second-order valence-corrected chi connectivity index (χ2v) is 7.08. The van der Waals surface area contributed by atoms with Crippen LogP contribution in [0.2, 0.25) is 0 Å². The van der Waals surface area contributed by atoms with Gasteiger partial charge in [-0.1, -0.05) is 20.3 Å². The van der Waals surface area contributed by atoms with Crippen molar-refractivity contribution in [3.63, 3.8) is 0 Å². The number of rotatable bonds is 6. The SMILES string of the molecule is CCCC(C)C(=O)Nc1ccc(N2CCOCC2)cc1N1CCOCC1. The lowest BCUT2D eigenvalue weighted by molar-refractivity contribution is -0.119. The fourth-order valence-corrected chi connectivity index (χ4v) is 3.53. The largest absolute Gasteiger partial charge is 0.378 e. The predicted octanol–water partition coefficient (Wildman–Crippen LogP) is 2.73. The van der Waals surface area contributed by atoms with Gasteiger partial charge in [-0.3, -0.25) is 4.79 Å². The summed E-state index contributed by atoms with van der Waals surface area (Å²) in [7, 11) is 0. The number of carbonyl (C=O) groups is 1. The molecule has 0 aromatic heterocycles. The minimum atomic E-state index is 0.0245. The number of hydrogen-bond acceptors (Lipinski definition) is 5. The summed E-state index contributed by atoms with van der Waals surface area (Å²) in [5, 5.41) is 3.16. The highest BCUT2D eigenvalue weighted by atomic mass is 16.5. The standard InChI is InChI=1S/C20H31N3O3/c1-3-4-16(2)20(24)21-18-6-5-17(22-7-11-25-12-8-22)15-19(18)23-9-13-26-14-10-23/h5-6,15-16H,3-4,7-14H2,1-2H3,(H,21,24). The van der Waals surface area contributed by atoms with Gasteiger partial charge >= 0.3 is 0 Å². The lowest BCUT2D eigenvalue weighted by atomic mass is 10.1. The van der Waals surface area contributed by atoms with E-state index in [2.05, 4.69) is 34.2 Å². The average Bonchev–Trinajstić information content (AvgIpc) is 2.70. The summed E-state index contributed by atoms with van der Waals surface area (Å²) in [6, 6.07) is 6.36. The maximum Gasteiger partial charge on any atom is 0.227 e. The molecule has 0 spiro atoms. The summed E-state index contributed by atoms with van der Waals surface area (Å²) in [6.07, 6.45) is 1.92. The van der Waals surface area contributed by atoms with Gasteiger partial charge in [0.1, 0.15) is 0 Å². The van der Waals surface area contributed by atoms with E-state index in [9.17, 15) is 4.79 Å². The summed E-state index contributed by atoms with van der Waals surface area (Å²) < 4.78 is 11.0. The molecule has 26 heavy (non-hydrogen) atoms. The Morgan fingerprint density at radius 3 is 2.31 bits per heavy atom. The molecule has 2 saturated heterocycles. The molecule has 0 aliphatic carbocycles. The van der Waals surface area contributed by atoms with Crippen molar-refractivity contribution in [3.8, 4) is 0 Å². The Hall–Kier alpha value is -1.79. The molecule has 1 aromatic carbocycles. The maximum atomic E-state index is 12.5. The van der Waals surface area contributed by atoms with Crippen molar-refractivity contribution in [1.82, 2.24) is 0 Å². The fraction of sp³-hybridized carbons (Fsp3) is 0.650. The van der Waals surface area contributed by atoms with Gasteiger partial charge in [0.25, 0.3) is 0 Å². The van der Waals surface area contributed by atoms with Gasteiger partial charge in [0.15, 0.2) is 0 Å². The Bertz CT molecular complexity index is 596. The van der Waals surface area contributed by atoms with Crippen molar-refractivity contribution in [1.29, 1.82) is 0 Å². The first-order valence-corrected chi connectivity index (χ1v) is 9.79. The van der Waals surface area contributed by atoms with E-state index in [1.807, 2.05) is 13.0 Å². The molecule has 2 aliphatic heterocycles. The van der Waals surface area contributed by atoms with Crippen LogP contribution in [0.25, 0.3) is 0 Å². The number of ether oxygens (including phenoxy) is 2. The van der Waals surface area contributed by atoms with Crippen molar-refractivity contribution in [2.24, 2.45) is 5.92 Å². The number of amides is 1. The van der Waals surface area contributed by atoms with Gasteiger partial charge < -0.3 is 24.6 Å². The first-order chi connectivity index (χ1) is 12.7. The lowest BCUT2D eigenvalue weighted by Crippen LogP contribution is -2.38. The minimum Gasteiger partial charge on any atom is -0.378 e. The molecule has 2 heterocycles. The van der Waals surface area contributed by atoms with E-state index in [1.165, 1.54) is 5.69 Å². The third-order valence-corrected chi connectivity index (χ3v) is 5.14. The maximum absolute atomic E-state index is 12.5. The molecule has 144 valence electrons. The molecule has 1 unspecified atom stereocenters. The number of nitrogens with zero attached hydrogens (tertiary/aromatic N) is 2. The van der Waals surface area contributed by atoms with E-state index in [0.29, 0.717) is 0 Å². The van der Waals surface area contributed by atoms with Crippen molar-refractivity contribution in [2.75, 3.05) is 67.7 Å². The molecule has 3 rings (SSSR count). The Kier molecular flexibility index (Phi) is 6.74. The summed E-state index contributed by atoms with van der Waals surface area (Å²) in [5.74, 6) is 0.122. The Balaban J connectivity index is 1.83. The quantitative estimate of drug-likeness (QED) is 0.844. The molecule has 1 atom stereocenters. The second-order valence-electron chi connectivity index (χ2n) is 7.08. The van der Waals surface area contributed by atoms with Crippen molar-refractivity contribution >= 4 is 23.0 Å². The molecule has 0 bridgehead atoms. The number of benzene rings is 1. The van der Waals surface area contributed by atoms with Crippen molar-refractivity contribution < 1.29 is 14.3 Å². The van der Waals surface area contributed by atoms with E-state index in [1.54, 1.807) is 0 Å². The first kappa shape index (κ1) is 19.0. The average molecular weight is 361 g/mol. The van der Waals surface area contributed by atoms with Gasteiger partial charge in [-0.2, -0.15) is 0 Å². The number of carbonyl (C=O) groups excluding carboxylic acids is 1. The van der Waals surface area contributed by atoms with Crippen LogP contribution < -0.4 is 15.1 Å². The smallest absolute Gasteiger partial charge is 0.227 e. The van der Waals surface area contributed by atoms with Crippen LogP contribution in [0.15, 0.2) is 18.2 Å². The molecule has 1 aromatic rings. The van der Waals surface area contributed by atoms with Crippen LogP contribution in [-0.4, -0.2) is 58.5 Å². The van der Waals surface area contributed by atoms with Crippen LogP contribution in [0.1, 0.15) is 26.7 Å². The van der Waals surface area contributed by atoms with Gasteiger partial charge in [0.2, 0.25) is 5.91 Å². The summed E-state index contributed by atoms with van der Waals surface area (Å²) >= 11 is 0. The van der Waals surface area contributed by atoms with Crippen LogP contribution in [0.5, 0.6) is 0 Å². The zero-order chi connectivity index (χ0) is 18.4. The molecule has 6 nitrogen and oxygen atoms in total. The van der Waals surface area contributed by atoms with E-state index in [4.69, 9.17) is 9.47 Å². The zero-order valence-corrected chi connectivity index (χ0v) is 16.0. The van der Waals surface area contributed by atoms with Gasteiger partial charge in [0.05, 0.1) is 37.8 Å². The molecule has 2 fully saturated rings. The molecule has 1 amide bonds. The highest BCUT2D eigenvalue weighted by Crippen LogP contribution is 2.32. The van der Waals surface area contributed by atoms with E-state index < -0.39 is 0 Å². The van der Waals surface area contributed by atoms with Crippen molar-refractivity contribution in [2.45, 2.75) is 26.7 Å². The van der Waals surface area contributed by atoms with Crippen molar-refractivity contribution in [3.05, 3.63) is 18.2 Å². The minimum absolute atomic E-state index is 0.0245. The third kappa shape index (κ3) is 4.68. The normalized spacial score (nSPS) is 19.3. The van der Waals surface area contributed by atoms with Crippen LogP contribution in [0.3, 0.4) is 0 Å². The van der Waals surface area contributed by atoms with Crippen LogP contribution in [0, 0.1) is 5.92 Å². The molecule has 1 N–H and O–H groups in total. The summed E-state index contributed by atoms with van der Waals surface area (Å²) in [6.45, 7) is 10.6. The monoisotopic (exact) mass is 361 g/mol. The molecule has 6 heteroatoms. The van der Waals surface area contributed by atoms with Gasteiger partial charge in [0, 0.05) is 37.8 Å². The lowest BCUT2D eigenvalue weighted by Gasteiger charge is -2.33. The number of anilines is 3. The second kappa shape index (κ2) is 9.24. The van der Waals surface area contributed by atoms with Gasteiger partial charge in [-0.15, -0.1) is 0 Å². The Morgan fingerprint density at radius 1 is 1.08 bits per heavy atom. The number of nitrogens with one attached hydrogen (secondary N) is 1. The van der Waals surface area contributed by atoms with Gasteiger partial charge in [-0.05, 0) is 24.6 Å². The topological polar surface area (TPSA) is 54.0 Å². The first-order valence-electron chi connectivity index (χ1n) is 9.79. The molecule has 0 saturated carbocycles. The molecular weight excluding hydrogens is 330 g/mol. The molecular formula is C20H31N3O3. The fourth-order valence-electron chi connectivity index (χ4n) is 3.53. The van der Waals surface area contributed by atoms with Crippen LogP contribution in [0.4, 0.5) is 17.1 Å². The number of morpholine rings is 2. The van der Waals surface area contributed by atoms with E-state index >= 15 is 0 Å². The van der Waals surface area contributed by atoms with Gasteiger partial charge in [-0.25, -0.2) is 0 Å². The van der Waals surface area contributed by atoms with E-state index in [-0.39, 0.29) is 11.8 Å². The van der Waals surface area contributed by atoms with Crippen LogP contribution >= 0.6 is 0 Å². The summed E-state index contributed by atoms with van der Waals surface area (Å²) in [5.41, 5.74) is 3.18. The zero-order valence-electron chi connectivity index (χ0n) is 16.0. The Labute approximate surface area is 156 Å². The highest BCUT2D eigenvalue weighted by molar-refractivity contribution is 5.96. The predicted molar refractivity (Wildman–Crippen MR) is 105 cm³/mol. The van der Waals surface area contributed by atoms with E-state index in [0.717, 1.165) is 76.8 Å².